The van der Waals surface area contributed by atoms with Gasteiger partial charge in [0.15, 0.2) is 11.5 Å². The number of hydrogen-bond donors (Lipinski definition) is 0. The third-order valence-electron chi connectivity index (χ3n) is 5.11. The molecule has 0 spiro atoms. The minimum atomic E-state index is -0.467. The summed E-state index contributed by atoms with van der Waals surface area (Å²) in [7, 11) is 0. The lowest BCUT2D eigenvalue weighted by atomic mass is 9.83. The maximum absolute atomic E-state index is 12.7. The Balaban J connectivity index is 1.64. The Hall–Kier alpha value is -2.30. The number of oxazole rings is 1. The molecule has 3 heterocycles. The van der Waals surface area contributed by atoms with Crippen molar-refractivity contribution in [1.29, 1.82) is 0 Å². The zero-order valence-electron chi connectivity index (χ0n) is 15.9. The predicted octanol–water partition coefficient (Wildman–Crippen LogP) is 5.08. The number of amides is 1. The maximum atomic E-state index is 12.7. The molecule has 2 atom stereocenters. The smallest absolute Gasteiger partial charge is 0.411 e. The van der Waals surface area contributed by atoms with Crippen molar-refractivity contribution in [2.24, 2.45) is 0 Å². The summed E-state index contributed by atoms with van der Waals surface area (Å²) in [5.41, 5.74) is 3.71. The van der Waals surface area contributed by atoms with Gasteiger partial charge in [-0.25, -0.2) is 9.78 Å². The first-order valence-corrected chi connectivity index (χ1v) is 9.40. The molecular weight excluding hydrogens is 328 g/mol. The highest BCUT2D eigenvalue weighted by Crippen LogP contribution is 2.38. The molecule has 138 valence electrons. The highest BCUT2D eigenvalue weighted by Gasteiger charge is 2.39. The summed E-state index contributed by atoms with van der Waals surface area (Å²) in [4.78, 5) is 19.1. The largest absolute Gasteiger partial charge is 0.444 e. The zero-order valence-corrected chi connectivity index (χ0v) is 15.9. The van der Waals surface area contributed by atoms with Gasteiger partial charge in [-0.15, -0.1) is 0 Å². The van der Waals surface area contributed by atoms with Gasteiger partial charge in [0.2, 0.25) is 0 Å². The summed E-state index contributed by atoms with van der Waals surface area (Å²) < 4.78 is 11.2. The van der Waals surface area contributed by atoms with Crippen molar-refractivity contribution < 1.29 is 13.9 Å². The van der Waals surface area contributed by atoms with Gasteiger partial charge in [-0.2, -0.15) is 0 Å². The van der Waals surface area contributed by atoms with Crippen LogP contribution in [0.1, 0.15) is 57.9 Å². The number of fused-ring (bicyclic) bond motifs is 3. The van der Waals surface area contributed by atoms with Crippen LogP contribution in [0.4, 0.5) is 4.79 Å². The first-order valence-electron chi connectivity index (χ1n) is 9.40. The first kappa shape index (κ1) is 17.1. The third kappa shape index (κ3) is 3.22. The molecule has 5 nitrogen and oxygen atoms in total. The molecule has 2 unspecified atom stereocenters. The van der Waals surface area contributed by atoms with E-state index in [4.69, 9.17) is 9.15 Å². The quantitative estimate of drug-likeness (QED) is 0.716. The molecule has 4 rings (SSSR count). The summed E-state index contributed by atoms with van der Waals surface area (Å²) in [6.07, 6.45) is 6.08. The number of aryl methyl sites for hydroxylation is 1. The van der Waals surface area contributed by atoms with E-state index in [0.29, 0.717) is 5.89 Å². The van der Waals surface area contributed by atoms with Gasteiger partial charge in [0.1, 0.15) is 11.1 Å². The van der Waals surface area contributed by atoms with Gasteiger partial charge in [0.05, 0.1) is 6.04 Å². The number of aromatic nitrogens is 1. The fourth-order valence-corrected chi connectivity index (χ4v) is 4.09. The van der Waals surface area contributed by atoms with Crippen molar-refractivity contribution in [2.45, 2.75) is 71.1 Å². The molecule has 1 aromatic heterocycles. The molecule has 0 saturated carbocycles. The molecular formula is C21H26N2O3. The summed E-state index contributed by atoms with van der Waals surface area (Å²) in [5, 5.41) is 0. The summed E-state index contributed by atoms with van der Waals surface area (Å²) in [5.74, 6) is 0.683. The lowest BCUT2D eigenvalue weighted by molar-refractivity contribution is 0.0000851. The minimum Gasteiger partial charge on any atom is -0.444 e. The molecule has 2 bridgehead atoms. The van der Waals surface area contributed by atoms with E-state index in [1.165, 1.54) is 11.1 Å². The molecule has 5 heteroatoms. The van der Waals surface area contributed by atoms with Gasteiger partial charge in [-0.1, -0.05) is 12.1 Å². The molecule has 2 aromatic rings. The van der Waals surface area contributed by atoms with Crippen LogP contribution >= 0.6 is 0 Å². The van der Waals surface area contributed by atoms with Gasteiger partial charge in [-0.05, 0) is 69.7 Å². The Kier molecular flexibility index (Phi) is 4.05. The van der Waals surface area contributed by atoms with E-state index in [9.17, 15) is 4.79 Å². The zero-order chi connectivity index (χ0) is 18.5. The number of benzene rings is 1. The van der Waals surface area contributed by atoms with Gasteiger partial charge in [0, 0.05) is 13.0 Å². The summed E-state index contributed by atoms with van der Waals surface area (Å²) >= 11 is 0. The van der Waals surface area contributed by atoms with Crippen LogP contribution in [0.2, 0.25) is 0 Å². The van der Waals surface area contributed by atoms with Crippen LogP contribution in [0.25, 0.3) is 16.7 Å². The highest BCUT2D eigenvalue weighted by molar-refractivity contribution is 5.81. The topological polar surface area (TPSA) is 55.6 Å². The monoisotopic (exact) mass is 354 g/mol. The number of carbonyl (C=O) groups excluding carboxylic acids is 1. The molecule has 2 aliphatic heterocycles. The van der Waals surface area contributed by atoms with Gasteiger partial charge >= 0.3 is 6.09 Å². The van der Waals surface area contributed by atoms with Crippen LogP contribution in [0.3, 0.4) is 0 Å². The number of ether oxygens (including phenoxy) is 1. The number of carbonyl (C=O) groups is 1. The number of nitrogens with zero attached hydrogens (tertiary/aromatic N) is 2. The molecule has 0 radical (unpaired) electrons. The summed E-state index contributed by atoms with van der Waals surface area (Å²) in [6, 6.07) is 6.50. The lowest BCUT2D eigenvalue weighted by Crippen LogP contribution is -2.53. The van der Waals surface area contributed by atoms with E-state index in [2.05, 4.69) is 23.2 Å². The van der Waals surface area contributed by atoms with Crippen LogP contribution in [0.15, 0.2) is 28.7 Å². The maximum Gasteiger partial charge on any atom is 0.411 e. The van der Waals surface area contributed by atoms with Crippen LogP contribution in [0, 0.1) is 6.92 Å². The van der Waals surface area contributed by atoms with Crippen molar-refractivity contribution in [1.82, 2.24) is 9.88 Å². The van der Waals surface area contributed by atoms with E-state index in [1.807, 2.05) is 38.7 Å². The van der Waals surface area contributed by atoms with Gasteiger partial charge in [0.25, 0.3) is 0 Å². The third-order valence-corrected chi connectivity index (χ3v) is 5.11. The Morgan fingerprint density at radius 3 is 2.85 bits per heavy atom. The second-order valence-electron chi connectivity index (χ2n) is 8.35. The Morgan fingerprint density at radius 1 is 1.31 bits per heavy atom. The number of piperidine rings is 1. The average Bonchev–Trinajstić information content (AvgIpc) is 2.91. The van der Waals surface area contributed by atoms with Crippen molar-refractivity contribution in [3.63, 3.8) is 0 Å². The van der Waals surface area contributed by atoms with Gasteiger partial charge in [-0.3, -0.25) is 4.90 Å². The van der Waals surface area contributed by atoms with E-state index in [0.717, 1.165) is 36.8 Å². The molecule has 1 saturated heterocycles. The normalized spacial score (nSPS) is 23.1. The van der Waals surface area contributed by atoms with Crippen molar-refractivity contribution >= 4 is 22.8 Å². The molecule has 1 amide bonds. The van der Waals surface area contributed by atoms with Gasteiger partial charge < -0.3 is 9.15 Å². The lowest BCUT2D eigenvalue weighted by Gasteiger charge is -2.45. The average molecular weight is 354 g/mol. The molecule has 26 heavy (non-hydrogen) atoms. The highest BCUT2D eigenvalue weighted by atomic mass is 16.6. The van der Waals surface area contributed by atoms with Crippen LogP contribution in [-0.4, -0.2) is 33.7 Å². The van der Waals surface area contributed by atoms with E-state index in [-0.39, 0.29) is 18.2 Å². The van der Waals surface area contributed by atoms with E-state index < -0.39 is 5.60 Å². The number of rotatable bonds is 1. The fraction of sp³-hybridized carbons (Fsp3) is 0.524. The van der Waals surface area contributed by atoms with Crippen LogP contribution in [0.5, 0.6) is 0 Å². The molecule has 1 fully saturated rings. The van der Waals surface area contributed by atoms with Crippen LogP contribution in [-0.2, 0) is 4.74 Å². The Morgan fingerprint density at radius 2 is 2.12 bits per heavy atom. The number of hydrogen-bond acceptors (Lipinski definition) is 4. The minimum absolute atomic E-state index is 0.113. The summed E-state index contributed by atoms with van der Waals surface area (Å²) in [6.45, 7) is 7.62. The standard InChI is InChI=1S/C21H26N2O3/c1-13-22-18-12-14(8-9-19(18)25-13)15-10-16-6-5-7-17(11-15)23(16)20(24)26-21(2,3)4/h8-10,12,16-17H,5-7,11H2,1-4H3. The Labute approximate surface area is 154 Å². The van der Waals surface area contributed by atoms with Crippen molar-refractivity contribution in [3.8, 4) is 0 Å². The molecule has 1 aromatic carbocycles. The second-order valence-corrected chi connectivity index (χ2v) is 8.35. The molecule has 2 aliphatic rings. The van der Waals surface area contributed by atoms with Crippen molar-refractivity contribution in [3.05, 3.63) is 35.7 Å². The Bertz CT molecular complexity index is 875. The second kappa shape index (κ2) is 6.15. The first-order chi connectivity index (χ1) is 12.3. The van der Waals surface area contributed by atoms with E-state index in [1.54, 1.807) is 0 Å². The molecule has 0 N–H and O–H groups in total. The molecule has 0 aliphatic carbocycles. The van der Waals surface area contributed by atoms with Crippen molar-refractivity contribution in [2.75, 3.05) is 0 Å². The fourth-order valence-electron chi connectivity index (χ4n) is 4.09. The predicted molar refractivity (Wildman–Crippen MR) is 101 cm³/mol. The SMILES string of the molecule is Cc1nc2cc(C3=CC4CCCC(C3)N4C(=O)OC(C)(C)C)ccc2o1. The van der Waals surface area contributed by atoms with Crippen LogP contribution < -0.4 is 0 Å². The van der Waals surface area contributed by atoms with E-state index >= 15 is 0 Å².